The van der Waals surface area contributed by atoms with E-state index in [1.54, 1.807) is 31.4 Å². The van der Waals surface area contributed by atoms with E-state index in [4.69, 9.17) is 4.74 Å². The molecule has 0 unspecified atom stereocenters. The lowest BCUT2D eigenvalue weighted by Crippen LogP contribution is -2.46. The van der Waals surface area contributed by atoms with Crippen molar-refractivity contribution in [2.75, 3.05) is 55.8 Å². The standard InChI is InChI=1S/C23H26F3N7O2S/c1-3-31-10-12-32(13-11-31)20-9-4-16(23(24,25)26)14-19(20)27-21(34)15-36-22-28-29-30-33(22)17-5-7-18(35-2)8-6-17/h4-9,14H,3,10-13,15H2,1-2H3,(H,27,34). The number of carbonyl (C=O) groups excluding carboxylic acids is 1. The van der Waals surface area contributed by atoms with Gasteiger partial charge in [-0.15, -0.1) is 5.10 Å². The number of benzene rings is 2. The third-order valence-corrected chi connectivity index (χ3v) is 6.77. The molecule has 1 amide bonds. The summed E-state index contributed by atoms with van der Waals surface area (Å²) in [6, 6.07) is 10.5. The van der Waals surface area contributed by atoms with E-state index in [1.807, 2.05) is 4.90 Å². The molecule has 36 heavy (non-hydrogen) atoms. The molecule has 1 saturated heterocycles. The highest BCUT2D eigenvalue weighted by molar-refractivity contribution is 7.99. The van der Waals surface area contributed by atoms with Gasteiger partial charge in [0.15, 0.2) is 0 Å². The number of thioether (sulfide) groups is 1. The van der Waals surface area contributed by atoms with E-state index in [2.05, 4.69) is 32.7 Å². The van der Waals surface area contributed by atoms with Crippen LogP contribution in [0.2, 0.25) is 0 Å². The first kappa shape index (κ1) is 25.8. The number of piperazine rings is 1. The highest BCUT2D eigenvalue weighted by atomic mass is 32.2. The van der Waals surface area contributed by atoms with Crippen LogP contribution in [0.1, 0.15) is 12.5 Å². The fourth-order valence-corrected chi connectivity index (χ4v) is 4.55. The Hall–Kier alpha value is -3.32. The second kappa shape index (κ2) is 11.2. The fraction of sp³-hybridized carbons (Fsp3) is 0.391. The van der Waals surface area contributed by atoms with Crippen molar-refractivity contribution in [2.45, 2.75) is 18.3 Å². The van der Waals surface area contributed by atoms with Crippen molar-refractivity contribution in [1.82, 2.24) is 25.1 Å². The minimum absolute atomic E-state index is 0.0875. The maximum absolute atomic E-state index is 13.4. The summed E-state index contributed by atoms with van der Waals surface area (Å²) in [4.78, 5) is 17.1. The smallest absolute Gasteiger partial charge is 0.416 e. The molecule has 2 aromatic carbocycles. The summed E-state index contributed by atoms with van der Waals surface area (Å²) in [5.41, 5.74) is 0.565. The Labute approximate surface area is 210 Å². The minimum Gasteiger partial charge on any atom is -0.497 e. The highest BCUT2D eigenvalue weighted by Crippen LogP contribution is 2.36. The van der Waals surface area contributed by atoms with Gasteiger partial charge in [-0.3, -0.25) is 4.79 Å². The van der Waals surface area contributed by atoms with Gasteiger partial charge in [-0.05, 0) is 59.4 Å². The van der Waals surface area contributed by atoms with E-state index in [1.165, 1.54) is 10.7 Å². The number of likely N-dealkylation sites (N-methyl/N-ethyl adjacent to an activating group) is 1. The Kier molecular flexibility index (Phi) is 7.99. The van der Waals surface area contributed by atoms with Crippen LogP contribution in [0.25, 0.3) is 5.69 Å². The number of halogens is 3. The van der Waals surface area contributed by atoms with Gasteiger partial charge >= 0.3 is 6.18 Å². The summed E-state index contributed by atoms with van der Waals surface area (Å²) < 4.78 is 46.8. The molecule has 1 fully saturated rings. The number of ether oxygens (including phenoxy) is 1. The maximum Gasteiger partial charge on any atom is 0.416 e. The van der Waals surface area contributed by atoms with Crippen LogP contribution in [0.3, 0.4) is 0 Å². The quantitative estimate of drug-likeness (QED) is 0.451. The number of hydrogen-bond acceptors (Lipinski definition) is 8. The Morgan fingerprint density at radius 3 is 2.47 bits per heavy atom. The van der Waals surface area contributed by atoms with Crippen LogP contribution in [0.4, 0.5) is 24.5 Å². The number of aromatic nitrogens is 4. The van der Waals surface area contributed by atoms with Crippen molar-refractivity contribution in [3.63, 3.8) is 0 Å². The molecule has 1 aliphatic rings. The van der Waals surface area contributed by atoms with Gasteiger partial charge in [0.25, 0.3) is 0 Å². The van der Waals surface area contributed by atoms with Crippen molar-refractivity contribution >= 4 is 29.0 Å². The number of rotatable bonds is 8. The Morgan fingerprint density at radius 2 is 1.83 bits per heavy atom. The number of hydrogen-bond donors (Lipinski definition) is 1. The zero-order valence-corrected chi connectivity index (χ0v) is 20.6. The average Bonchev–Trinajstić information content (AvgIpc) is 3.36. The molecule has 1 aromatic heterocycles. The molecular formula is C23H26F3N7O2S. The van der Waals surface area contributed by atoms with E-state index >= 15 is 0 Å². The van der Waals surface area contributed by atoms with Crippen LogP contribution >= 0.6 is 11.8 Å². The first-order valence-electron chi connectivity index (χ1n) is 11.3. The van der Waals surface area contributed by atoms with E-state index in [9.17, 15) is 18.0 Å². The molecular weight excluding hydrogens is 495 g/mol. The lowest BCUT2D eigenvalue weighted by molar-refractivity contribution is -0.137. The van der Waals surface area contributed by atoms with Crippen LogP contribution in [0.5, 0.6) is 5.75 Å². The predicted molar refractivity (Wildman–Crippen MR) is 131 cm³/mol. The molecule has 192 valence electrons. The van der Waals surface area contributed by atoms with Crippen LogP contribution in [-0.4, -0.2) is 76.6 Å². The molecule has 3 aromatic rings. The minimum atomic E-state index is -4.52. The molecule has 0 bridgehead atoms. The molecule has 0 atom stereocenters. The summed E-state index contributed by atoms with van der Waals surface area (Å²) in [5, 5.41) is 14.6. The van der Waals surface area contributed by atoms with Gasteiger partial charge in [-0.1, -0.05) is 18.7 Å². The second-order valence-electron chi connectivity index (χ2n) is 8.06. The monoisotopic (exact) mass is 521 g/mol. The third kappa shape index (κ3) is 6.08. The molecule has 0 radical (unpaired) electrons. The largest absolute Gasteiger partial charge is 0.497 e. The van der Waals surface area contributed by atoms with Crippen molar-refractivity contribution in [2.24, 2.45) is 0 Å². The van der Waals surface area contributed by atoms with Crippen molar-refractivity contribution in [1.29, 1.82) is 0 Å². The maximum atomic E-state index is 13.4. The van der Waals surface area contributed by atoms with E-state index in [0.717, 1.165) is 43.5 Å². The van der Waals surface area contributed by atoms with Crippen LogP contribution < -0.4 is 15.0 Å². The molecule has 1 aliphatic heterocycles. The zero-order valence-electron chi connectivity index (χ0n) is 19.8. The van der Waals surface area contributed by atoms with Gasteiger partial charge in [0.1, 0.15) is 5.75 Å². The van der Waals surface area contributed by atoms with E-state index < -0.39 is 17.6 Å². The van der Waals surface area contributed by atoms with Crippen LogP contribution in [-0.2, 0) is 11.0 Å². The van der Waals surface area contributed by atoms with E-state index in [-0.39, 0.29) is 11.4 Å². The first-order chi connectivity index (χ1) is 17.3. The number of anilines is 2. The number of alkyl halides is 3. The predicted octanol–water partition coefficient (Wildman–Crippen LogP) is 3.56. The number of tetrazole rings is 1. The Morgan fingerprint density at radius 1 is 1.11 bits per heavy atom. The summed E-state index contributed by atoms with van der Waals surface area (Å²) in [6.45, 7) is 5.91. The molecule has 0 saturated carbocycles. The number of methoxy groups -OCH3 is 1. The number of carbonyl (C=O) groups is 1. The first-order valence-corrected chi connectivity index (χ1v) is 12.3. The van der Waals surface area contributed by atoms with Crippen LogP contribution in [0.15, 0.2) is 47.6 Å². The van der Waals surface area contributed by atoms with Crippen molar-refractivity contribution < 1.29 is 22.7 Å². The fourth-order valence-electron chi connectivity index (χ4n) is 3.86. The van der Waals surface area contributed by atoms with Crippen molar-refractivity contribution in [3.8, 4) is 11.4 Å². The molecule has 9 nitrogen and oxygen atoms in total. The number of nitrogens with one attached hydrogen (secondary N) is 1. The molecule has 0 spiro atoms. The molecule has 0 aliphatic carbocycles. The normalized spacial score (nSPS) is 14.6. The lowest BCUT2D eigenvalue weighted by atomic mass is 10.1. The lowest BCUT2D eigenvalue weighted by Gasteiger charge is -2.36. The number of nitrogens with zero attached hydrogens (tertiary/aromatic N) is 6. The summed E-state index contributed by atoms with van der Waals surface area (Å²) >= 11 is 1.08. The van der Waals surface area contributed by atoms with Crippen LogP contribution in [0, 0.1) is 0 Å². The van der Waals surface area contributed by atoms with Gasteiger partial charge in [-0.25, -0.2) is 0 Å². The van der Waals surface area contributed by atoms with Gasteiger partial charge in [-0.2, -0.15) is 17.9 Å². The second-order valence-corrected chi connectivity index (χ2v) is 9.00. The van der Waals surface area contributed by atoms with Crippen molar-refractivity contribution in [3.05, 3.63) is 48.0 Å². The molecule has 1 N–H and O–H groups in total. The summed E-state index contributed by atoms with van der Waals surface area (Å²) in [6.07, 6.45) is -4.52. The van der Waals surface area contributed by atoms with Gasteiger partial charge in [0, 0.05) is 26.2 Å². The van der Waals surface area contributed by atoms with E-state index in [0.29, 0.717) is 35.4 Å². The van der Waals surface area contributed by atoms with Gasteiger partial charge in [0.05, 0.1) is 35.5 Å². The summed E-state index contributed by atoms with van der Waals surface area (Å²) in [5.74, 6) is 0.126. The molecule has 4 rings (SSSR count). The Balaban J connectivity index is 1.48. The molecule has 2 heterocycles. The van der Waals surface area contributed by atoms with Gasteiger partial charge < -0.3 is 19.9 Å². The third-order valence-electron chi connectivity index (χ3n) is 5.85. The summed E-state index contributed by atoms with van der Waals surface area (Å²) in [7, 11) is 1.56. The SMILES string of the molecule is CCN1CCN(c2ccc(C(F)(F)F)cc2NC(=O)CSc2nnnn2-c2ccc(OC)cc2)CC1. The molecule has 13 heteroatoms. The zero-order chi connectivity index (χ0) is 25.7. The topological polar surface area (TPSA) is 88.4 Å². The average molecular weight is 522 g/mol. The highest BCUT2D eigenvalue weighted by Gasteiger charge is 2.32. The Bertz CT molecular complexity index is 1180. The number of amides is 1. The van der Waals surface area contributed by atoms with Gasteiger partial charge in [0.2, 0.25) is 11.1 Å².